The molecule has 360 valence electrons. The molecule has 4 aliphatic heterocycles. The van der Waals surface area contributed by atoms with Crippen LogP contribution in [-0.4, -0.2) is 167 Å². The van der Waals surface area contributed by atoms with Crippen LogP contribution in [0.1, 0.15) is 135 Å². The number of hydrogen-bond acceptors (Lipinski definition) is 17. The number of carbonyl (C=O) groups is 2. The number of ketones is 2. The molecule has 65 heavy (non-hydrogen) atoms. The Kier molecular flexibility index (Phi) is 14.1. The summed E-state index contributed by atoms with van der Waals surface area (Å²) >= 11 is 0. The van der Waals surface area contributed by atoms with E-state index in [9.17, 15) is 35.1 Å². The van der Waals surface area contributed by atoms with Crippen LogP contribution in [0.25, 0.3) is 0 Å². The number of carbonyl (C=O) groups excluding carboxylic acids is 2. The van der Waals surface area contributed by atoms with Gasteiger partial charge in [-0.25, -0.2) is 0 Å². The molecule has 4 heterocycles. The van der Waals surface area contributed by atoms with Crippen LogP contribution in [0.15, 0.2) is 18.2 Å². The lowest BCUT2D eigenvalue weighted by atomic mass is 9.71. The van der Waals surface area contributed by atoms with Gasteiger partial charge in [-0.15, -0.1) is 0 Å². The molecule has 0 bridgehead atoms. The SMILES string of the molecule is CC[C@@]1(OC2C[C@H](N(C)C)[C@H](O)[C@H](C)O2)CCc2c(O)c3c(c(O)c2[C@H]1O[C@H]1C[C@H](N(C)C)[C@H](O[C@H]2CC[C@H](O[C@H]4CC[C@H](O)[C@H](C)O4)[C@H](C)O2)[C@H](C)O1)C(=O)c1cccc(O)c1C3=O. The summed E-state index contributed by atoms with van der Waals surface area (Å²) < 4.78 is 52.4. The molecule has 6 aliphatic rings. The van der Waals surface area contributed by atoms with Crippen molar-refractivity contribution in [2.75, 3.05) is 28.2 Å². The molecule has 2 aromatic rings. The Morgan fingerprint density at radius 1 is 0.692 bits per heavy atom. The van der Waals surface area contributed by atoms with Gasteiger partial charge in [-0.1, -0.05) is 19.1 Å². The van der Waals surface area contributed by atoms with Gasteiger partial charge in [-0.05, 0) is 94.1 Å². The third-order valence-electron chi connectivity index (χ3n) is 14.8. The molecule has 17 nitrogen and oxygen atoms in total. The maximum atomic E-state index is 14.3. The standard InChI is InChI=1S/C48H68N2O15/c1-10-48(65-36-20-28(49(6)7)41(53)24(4)60-36)19-18-27-38(45(57)40-39(43(27)55)44(56)37-26(42(40)54)12-11-13-31(37)52)47(48)64-35-21-29(50(8)9)46(25(5)61-35)63-34-17-15-32(23(3)59-34)62-33-16-14-30(51)22(2)58-33/h11-13,22-25,28-30,32-36,41,46-47,51-53,55,57H,10,14-21H2,1-9H3/t22-,23-,24-,25-,28-,29-,30-,32-,33-,34-,35-,36?,41+,46+,47+,48+/m0/s1. The first-order chi connectivity index (χ1) is 30.8. The fraction of sp³-hybridized carbons (Fsp3) is 0.708. The number of aliphatic hydroxyl groups excluding tert-OH is 2. The number of hydrogen-bond donors (Lipinski definition) is 5. The van der Waals surface area contributed by atoms with Crippen LogP contribution in [0.5, 0.6) is 17.2 Å². The van der Waals surface area contributed by atoms with E-state index in [0.29, 0.717) is 44.9 Å². The minimum atomic E-state index is -1.23. The minimum absolute atomic E-state index is 0.0985. The maximum Gasteiger partial charge on any atom is 0.202 e. The number of benzene rings is 2. The molecule has 0 spiro atoms. The van der Waals surface area contributed by atoms with Crippen molar-refractivity contribution in [2.45, 2.75) is 190 Å². The van der Waals surface area contributed by atoms with Gasteiger partial charge in [0.1, 0.15) is 35.1 Å². The lowest BCUT2D eigenvalue weighted by Gasteiger charge is -2.51. The Morgan fingerprint density at radius 3 is 2.00 bits per heavy atom. The highest BCUT2D eigenvalue weighted by molar-refractivity contribution is 6.31. The van der Waals surface area contributed by atoms with Crippen LogP contribution in [0.2, 0.25) is 0 Å². The van der Waals surface area contributed by atoms with Crippen LogP contribution < -0.4 is 0 Å². The Balaban J connectivity index is 1.09. The number of phenolic OH excluding ortho intramolecular Hbond substituents is 3. The van der Waals surface area contributed by atoms with Crippen LogP contribution in [0.4, 0.5) is 0 Å². The zero-order valence-electron chi connectivity index (χ0n) is 39.0. The molecule has 8 rings (SSSR count). The fourth-order valence-corrected chi connectivity index (χ4v) is 10.9. The van der Waals surface area contributed by atoms with E-state index in [-0.39, 0.29) is 76.6 Å². The number of nitrogens with zero attached hydrogens (tertiary/aromatic N) is 2. The fourth-order valence-electron chi connectivity index (χ4n) is 10.9. The molecule has 0 amide bonds. The van der Waals surface area contributed by atoms with Crippen molar-refractivity contribution >= 4 is 11.6 Å². The number of ether oxygens (including phenoxy) is 8. The van der Waals surface area contributed by atoms with Crippen molar-refractivity contribution in [1.82, 2.24) is 9.80 Å². The minimum Gasteiger partial charge on any atom is -0.507 e. The average Bonchev–Trinajstić information content (AvgIpc) is 3.25. The highest BCUT2D eigenvalue weighted by Crippen LogP contribution is 2.56. The summed E-state index contributed by atoms with van der Waals surface area (Å²) in [5, 5.41) is 56.3. The summed E-state index contributed by atoms with van der Waals surface area (Å²) in [6.45, 7) is 9.42. The summed E-state index contributed by atoms with van der Waals surface area (Å²) in [6, 6.07) is 3.60. The second kappa shape index (κ2) is 19.0. The molecule has 4 saturated heterocycles. The van der Waals surface area contributed by atoms with E-state index in [1.807, 2.05) is 65.7 Å². The van der Waals surface area contributed by atoms with Crippen molar-refractivity contribution in [3.05, 3.63) is 51.6 Å². The number of aromatic hydroxyl groups is 3. The second-order valence-electron chi connectivity index (χ2n) is 19.4. The first kappa shape index (κ1) is 48.2. The van der Waals surface area contributed by atoms with Gasteiger partial charge in [0.2, 0.25) is 5.78 Å². The van der Waals surface area contributed by atoms with Gasteiger partial charge in [0, 0.05) is 54.5 Å². The normalized spacial score (nSPS) is 38.7. The van der Waals surface area contributed by atoms with E-state index in [0.717, 1.165) is 0 Å². The third kappa shape index (κ3) is 8.97. The number of aliphatic hydroxyl groups is 2. The summed E-state index contributed by atoms with van der Waals surface area (Å²) in [5.74, 6) is -2.91. The Bertz CT molecular complexity index is 2080. The van der Waals surface area contributed by atoms with Gasteiger partial charge >= 0.3 is 0 Å². The Labute approximate surface area is 380 Å². The van der Waals surface area contributed by atoms with Crippen LogP contribution in [-0.2, 0) is 44.3 Å². The van der Waals surface area contributed by atoms with E-state index in [4.69, 9.17) is 37.9 Å². The Hall–Kier alpha value is -3.30. The van der Waals surface area contributed by atoms with Crippen LogP contribution >= 0.6 is 0 Å². The zero-order chi connectivity index (χ0) is 46.8. The Morgan fingerprint density at radius 2 is 1.32 bits per heavy atom. The monoisotopic (exact) mass is 912 g/mol. The molecule has 16 atom stereocenters. The molecule has 0 aromatic heterocycles. The maximum absolute atomic E-state index is 14.3. The van der Waals surface area contributed by atoms with E-state index < -0.39 is 96.2 Å². The second-order valence-corrected chi connectivity index (χ2v) is 19.4. The first-order valence-electron chi connectivity index (χ1n) is 23.3. The summed E-state index contributed by atoms with van der Waals surface area (Å²) in [6.07, 6.45) is -3.68. The van der Waals surface area contributed by atoms with E-state index in [2.05, 4.69) is 0 Å². The number of phenols is 3. The lowest BCUT2D eigenvalue weighted by Crippen LogP contribution is -2.58. The number of rotatable bonds is 11. The average molecular weight is 913 g/mol. The van der Waals surface area contributed by atoms with E-state index in [1.54, 1.807) is 6.92 Å². The predicted octanol–water partition coefficient (Wildman–Crippen LogP) is 4.42. The van der Waals surface area contributed by atoms with Gasteiger partial charge in [0.25, 0.3) is 0 Å². The largest absolute Gasteiger partial charge is 0.507 e. The summed E-state index contributed by atoms with van der Waals surface area (Å²) in [7, 11) is 7.67. The van der Waals surface area contributed by atoms with Gasteiger partial charge < -0.3 is 73.2 Å². The van der Waals surface area contributed by atoms with Gasteiger partial charge in [0.05, 0.1) is 59.4 Å². The molecule has 17 heteroatoms. The van der Waals surface area contributed by atoms with E-state index in [1.165, 1.54) is 18.2 Å². The zero-order valence-corrected chi connectivity index (χ0v) is 39.0. The summed E-state index contributed by atoms with van der Waals surface area (Å²) in [5.41, 5.74) is -1.99. The lowest BCUT2D eigenvalue weighted by molar-refractivity contribution is -0.335. The van der Waals surface area contributed by atoms with Gasteiger partial charge in [0.15, 0.2) is 30.9 Å². The molecule has 2 aliphatic carbocycles. The smallest absolute Gasteiger partial charge is 0.202 e. The van der Waals surface area contributed by atoms with Crippen molar-refractivity contribution in [2.24, 2.45) is 0 Å². The van der Waals surface area contributed by atoms with Crippen molar-refractivity contribution in [1.29, 1.82) is 0 Å². The first-order valence-corrected chi connectivity index (χ1v) is 23.3. The highest BCUT2D eigenvalue weighted by atomic mass is 16.7. The van der Waals surface area contributed by atoms with Crippen molar-refractivity contribution < 1.29 is 73.0 Å². The molecule has 0 saturated carbocycles. The third-order valence-corrected chi connectivity index (χ3v) is 14.8. The molecule has 5 N–H and O–H groups in total. The van der Waals surface area contributed by atoms with Crippen molar-refractivity contribution in [3.63, 3.8) is 0 Å². The summed E-state index contributed by atoms with van der Waals surface area (Å²) in [4.78, 5) is 32.3. The number of fused-ring (bicyclic) bond motifs is 3. The number of likely N-dealkylation sites (N-methyl/N-ethyl adjacent to an activating group) is 2. The van der Waals surface area contributed by atoms with Gasteiger partial charge in [-0.3, -0.25) is 9.59 Å². The van der Waals surface area contributed by atoms with Crippen molar-refractivity contribution in [3.8, 4) is 17.2 Å². The molecular formula is C48H68N2O15. The van der Waals surface area contributed by atoms with Crippen LogP contribution in [0.3, 0.4) is 0 Å². The molecular weight excluding hydrogens is 845 g/mol. The van der Waals surface area contributed by atoms with Gasteiger partial charge in [-0.2, -0.15) is 0 Å². The molecule has 4 fully saturated rings. The van der Waals surface area contributed by atoms with Crippen LogP contribution in [0, 0.1) is 0 Å². The highest BCUT2D eigenvalue weighted by Gasteiger charge is 2.54. The predicted molar refractivity (Wildman–Crippen MR) is 233 cm³/mol. The molecule has 0 radical (unpaired) electrons. The molecule has 1 unspecified atom stereocenters. The quantitative estimate of drug-likeness (QED) is 0.168. The van der Waals surface area contributed by atoms with E-state index >= 15 is 0 Å². The molecule has 2 aromatic carbocycles. The topological polar surface area (TPSA) is 216 Å².